The first-order valence-electron chi connectivity index (χ1n) is 3.85. The van der Waals surface area contributed by atoms with Gasteiger partial charge in [0.25, 0.3) is 0 Å². The zero-order chi connectivity index (χ0) is 8.55. The molecule has 62 valence electrons. The normalized spacial score (nSPS) is 10.4. The zero-order valence-corrected chi connectivity index (χ0v) is 6.91. The Morgan fingerprint density at radius 1 is 1.33 bits per heavy atom. The van der Waals surface area contributed by atoms with Gasteiger partial charge in [0.15, 0.2) is 0 Å². The summed E-state index contributed by atoms with van der Waals surface area (Å²) in [7, 11) is 1.88. The van der Waals surface area contributed by atoms with Crippen molar-refractivity contribution in [2.75, 3.05) is 18.2 Å². The fourth-order valence-corrected chi connectivity index (χ4v) is 1.34. The maximum atomic E-state index is 5.67. The van der Waals surface area contributed by atoms with E-state index in [2.05, 4.69) is 5.43 Å². The number of benzene rings is 1. The Hall–Kier alpha value is -1.64. The molecular weight excluding hydrogens is 150 g/mol. The predicted molar refractivity (Wildman–Crippen MR) is 51.6 cm³/mol. The third-order valence-electron chi connectivity index (χ3n) is 1.96. The maximum absolute atomic E-state index is 5.67. The van der Waals surface area contributed by atoms with Crippen LogP contribution < -0.4 is 11.2 Å². The van der Waals surface area contributed by atoms with E-state index < -0.39 is 0 Å². The molecule has 3 N–H and O–H groups in total. The van der Waals surface area contributed by atoms with Crippen molar-refractivity contribution in [2.24, 2.45) is 0 Å². The first-order valence-corrected chi connectivity index (χ1v) is 3.85. The van der Waals surface area contributed by atoms with Gasteiger partial charge in [0.2, 0.25) is 0 Å². The van der Waals surface area contributed by atoms with Crippen LogP contribution in [-0.2, 0) is 0 Å². The summed E-state index contributed by atoms with van der Waals surface area (Å²) in [6.45, 7) is 0. The molecule has 0 radical (unpaired) electrons. The van der Waals surface area contributed by atoms with E-state index in [0.717, 1.165) is 11.2 Å². The number of hydrogen-bond acceptors (Lipinski definition) is 2. The summed E-state index contributed by atoms with van der Waals surface area (Å²) in [5.74, 6) is 0. The first-order chi connectivity index (χ1) is 5.81. The Bertz CT molecular complexity index is 403. The number of nitrogens with zero attached hydrogens (tertiary/aromatic N) is 1. The molecule has 3 heteroatoms. The summed E-state index contributed by atoms with van der Waals surface area (Å²) in [6, 6.07) is 7.91. The van der Waals surface area contributed by atoms with Gasteiger partial charge in [-0.1, -0.05) is 6.07 Å². The molecule has 1 aromatic carbocycles. The van der Waals surface area contributed by atoms with Gasteiger partial charge >= 0.3 is 0 Å². The molecule has 0 aliphatic heterocycles. The number of fused-ring (bicyclic) bond motifs is 1. The lowest BCUT2D eigenvalue weighted by molar-refractivity contribution is 0.977. The van der Waals surface area contributed by atoms with Crippen LogP contribution in [0, 0.1) is 0 Å². The van der Waals surface area contributed by atoms with E-state index in [9.17, 15) is 0 Å². The van der Waals surface area contributed by atoms with Gasteiger partial charge in [0.1, 0.15) is 0 Å². The van der Waals surface area contributed by atoms with Crippen molar-refractivity contribution < 1.29 is 0 Å². The predicted octanol–water partition coefficient (Wildman–Crippen LogP) is 1.40. The van der Waals surface area contributed by atoms with E-state index in [-0.39, 0.29) is 0 Å². The van der Waals surface area contributed by atoms with Crippen LogP contribution >= 0.6 is 0 Å². The third-order valence-corrected chi connectivity index (χ3v) is 1.96. The second-order valence-electron chi connectivity index (χ2n) is 2.73. The molecule has 0 spiro atoms. The standard InChI is InChI=1S/C9H11N3/c1-11-12-5-4-7-2-3-8(10)6-9(7)12/h2-6,11H,10H2,1H3. The van der Waals surface area contributed by atoms with Crippen molar-refractivity contribution in [3.8, 4) is 0 Å². The van der Waals surface area contributed by atoms with Gasteiger partial charge in [-0.05, 0) is 18.2 Å². The lowest BCUT2D eigenvalue weighted by Crippen LogP contribution is -2.06. The number of anilines is 1. The summed E-state index contributed by atoms with van der Waals surface area (Å²) >= 11 is 0. The van der Waals surface area contributed by atoms with Crippen LogP contribution in [0.4, 0.5) is 5.69 Å². The molecule has 0 bridgehead atoms. The largest absolute Gasteiger partial charge is 0.399 e. The Balaban J connectivity index is 2.75. The second-order valence-corrected chi connectivity index (χ2v) is 2.73. The minimum absolute atomic E-state index is 0.790. The minimum atomic E-state index is 0.790. The number of nitrogens with two attached hydrogens (primary N) is 1. The summed E-state index contributed by atoms with van der Waals surface area (Å²) < 4.78 is 1.94. The zero-order valence-electron chi connectivity index (χ0n) is 6.91. The Kier molecular flexibility index (Phi) is 1.43. The molecule has 0 fully saturated rings. The molecule has 3 nitrogen and oxygen atoms in total. The van der Waals surface area contributed by atoms with Gasteiger partial charge in [-0.25, -0.2) is 0 Å². The smallest absolute Gasteiger partial charge is 0.0712 e. The fraction of sp³-hybridized carbons (Fsp3) is 0.111. The molecule has 0 aliphatic carbocycles. The van der Waals surface area contributed by atoms with Gasteiger partial charge in [-0.2, -0.15) is 0 Å². The number of hydrogen-bond donors (Lipinski definition) is 2. The van der Waals surface area contributed by atoms with E-state index in [1.165, 1.54) is 5.39 Å². The first kappa shape index (κ1) is 7.03. The van der Waals surface area contributed by atoms with Crippen molar-refractivity contribution in [3.05, 3.63) is 30.5 Å². The van der Waals surface area contributed by atoms with Gasteiger partial charge in [0, 0.05) is 24.3 Å². The van der Waals surface area contributed by atoms with Crippen molar-refractivity contribution >= 4 is 16.6 Å². The molecule has 12 heavy (non-hydrogen) atoms. The molecule has 0 unspecified atom stereocenters. The van der Waals surface area contributed by atoms with Crippen molar-refractivity contribution in [2.45, 2.75) is 0 Å². The maximum Gasteiger partial charge on any atom is 0.0712 e. The number of nitrogens with one attached hydrogen (secondary N) is 1. The van der Waals surface area contributed by atoms with E-state index in [0.29, 0.717) is 0 Å². The van der Waals surface area contributed by atoms with Crippen LogP contribution in [0.15, 0.2) is 30.5 Å². The highest BCUT2D eigenvalue weighted by Gasteiger charge is 1.98. The third kappa shape index (κ3) is 0.906. The average molecular weight is 161 g/mol. The highest BCUT2D eigenvalue weighted by atomic mass is 15.4. The van der Waals surface area contributed by atoms with Gasteiger partial charge in [-0.15, -0.1) is 0 Å². The van der Waals surface area contributed by atoms with E-state index >= 15 is 0 Å². The highest BCUT2D eigenvalue weighted by molar-refractivity contribution is 5.83. The molecule has 1 heterocycles. The van der Waals surface area contributed by atoms with Gasteiger partial charge < -0.3 is 11.2 Å². The van der Waals surface area contributed by atoms with Gasteiger partial charge in [0.05, 0.1) is 5.52 Å². The van der Waals surface area contributed by atoms with Crippen LogP contribution in [0.3, 0.4) is 0 Å². The van der Waals surface area contributed by atoms with Crippen LogP contribution in [0.25, 0.3) is 10.9 Å². The van der Waals surface area contributed by atoms with Crippen LogP contribution in [0.2, 0.25) is 0 Å². The quantitative estimate of drug-likeness (QED) is 0.621. The van der Waals surface area contributed by atoms with Gasteiger partial charge in [-0.3, -0.25) is 4.68 Å². The summed E-state index contributed by atoms with van der Waals surface area (Å²) in [4.78, 5) is 0. The molecule has 1 aromatic heterocycles. The molecule has 2 aromatic rings. The van der Waals surface area contributed by atoms with Crippen LogP contribution in [0.1, 0.15) is 0 Å². The lowest BCUT2D eigenvalue weighted by atomic mass is 10.2. The monoisotopic (exact) mass is 161 g/mol. The Morgan fingerprint density at radius 3 is 2.92 bits per heavy atom. The number of nitrogen functional groups attached to an aromatic ring is 1. The number of aromatic nitrogens is 1. The Labute approximate surface area is 70.8 Å². The molecular formula is C9H11N3. The molecule has 0 amide bonds. The summed E-state index contributed by atoms with van der Waals surface area (Å²) in [6.07, 6.45) is 1.98. The number of rotatable bonds is 1. The second kappa shape index (κ2) is 2.44. The summed E-state index contributed by atoms with van der Waals surface area (Å²) in [5, 5.41) is 1.19. The Morgan fingerprint density at radius 2 is 2.17 bits per heavy atom. The van der Waals surface area contributed by atoms with E-state index in [4.69, 9.17) is 5.73 Å². The molecule has 0 atom stereocenters. The van der Waals surface area contributed by atoms with Crippen molar-refractivity contribution in [3.63, 3.8) is 0 Å². The van der Waals surface area contributed by atoms with E-state index in [1.807, 2.05) is 42.2 Å². The van der Waals surface area contributed by atoms with Crippen LogP contribution in [-0.4, -0.2) is 11.7 Å². The topological polar surface area (TPSA) is 43.0 Å². The molecule has 0 saturated heterocycles. The van der Waals surface area contributed by atoms with E-state index in [1.54, 1.807) is 0 Å². The highest BCUT2D eigenvalue weighted by Crippen LogP contribution is 2.17. The van der Waals surface area contributed by atoms with Crippen molar-refractivity contribution in [1.29, 1.82) is 0 Å². The average Bonchev–Trinajstić information content (AvgIpc) is 2.46. The molecule has 0 saturated carbocycles. The molecule has 0 aliphatic rings. The van der Waals surface area contributed by atoms with Crippen LogP contribution in [0.5, 0.6) is 0 Å². The summed E-state index contributed by atoms with van der Waals surface area (Å²) in [5.41, 5.74) is 10.6. The fourth-order valence-electron chi connectivity index (χ4n) is 1.34. The van der Waals surface area contributed by atoms with Crippen molar-refractivity contribution in [1.82, 2.24) is 4.68 Å². The lowest BCUT2D eigenvalue weighted by Gasteiger charge is -2.02. The SMILES string of the molecule is CNn1ccc2ccc(N)cc21. The molecule has 2 rings (SSSR count). The minimum Gasteiger partial charge on any atom is -0.399 e.